The SMILES string of the molecule is CCCCCN1C(=O)C(c2ccccc2)=C(N2CCCc3ccccc32)C1=O. The molecule has 2 heterocycles. The van der Waals surface area contributed by atoms with Gasteiger partial charge in [-0.25, -0.2) is 0 Å². The fraction of sp³-hybridized carbons (Fsp3) is 0.333. The van der Waals surface area contributed by atoms with E-state index in [2.05, 4.69) is 24.0 Å². The average molecular weight is 374 g/mol. The lowest BCUT2D eigenvalue weighted by atomic mass is 9.98. The number of carbonyl (C=O) groups is 2. The van der Waals surface area contributed by atoms with E-state index in [-0.39, 0.29) is 11.8 Å². The van der Waals surface area contributed by atoms with Crippen molar-refractivity contribution in [3.8, 4) is 0 Å². The van der Waals surface area contributed by atoms with Crippen LogP contribution in [0.4, 0.5) is 5.69 Å². The number of nitrogens with zero attached hydrogens (tertiary/aromatic N) is 2. The number of aryl methyl sites for hydroxylation is 1. The van der Waals surface area contributed by atoms with Gasteiger partial charge < -0.3 is 4.90 Å². The molecule has 0 saturated carbocycles. The Morgan fingerprint density at radius 1 is 0.893 bits per heavy atom. The Hall–Kier alpha value is -2.88. The number of anilines is 1. The highest BCUT2D eigenvalue weighted by molar-refractivity contribution is 6.36. The largest absolute Gasteiger partial charge is 0.336 e. The lowest BCUT2D eigenvalue weighted by molar-refractivity contribution is -0.137. The highest BCUT2D eigenvalue weighted by Gasteiger charge is 2.42. The molecule has 0 spiro atoms. The maximum atomic E-state index is 13.4. The number of hydrogen-bond donors (Lipinski definition) is 0. The molecule has 28 heavy (non-hydrogen) atoms. The van der Waals surface area contributed by atoms with Crippen molar-refractivity contribution in [3.63, 3.8) is 0 Å². The maximum Gasteiger partial charge on any atom is 0.278 e. The normalized spacial score (nSPS) is 16.8. The van der Waals surface area contributed by atoms with E-state index in [1.54, 1.807) is 0 Å². The fourth-order valence-corrected chi connectivity index (χ4v) is 4.17. The monoisotopic (exact) mass is 374 g/mol. The zero-order valence-corrected chi connectivity index (χ0v) is 16.4. The third-order valence-corrected chi connectivity index (χ3v) is 5.57. The van der Waals surface area contributed by atoms with Gasteiger partial charge in [0.25, 0.3) is 11.8 Å². The number of fused-ring (bicyclic) bond motifs is 1. The maximum absolute atomic E-state index is 13.4. The summed E-state index contributed by atoms with van der Waals surface area (Å²) in [5.74, 6) is -0.318. The van der Waals surface area contributed by atoms with E-state index in [1.807, 2.05) is 42.5 Å². The minimum absolute atomic E-state index is 0.156. The molecule has 4 nitrogen and oxygen atoms in total. The molecular formula is C24H26N2O2. The van der Waals surface area contributed by atoms with E-state index in [0.717, 1.165) is 49.9 Å². The molecule has 0 bridgehead atoms. The van der Waals surface area contributed by atoms with Gasteiger partial charge in [0.1, 0.15) is 5.70 Å². The van der Waals surface area contributed by atoms with Gasteiger partial charge in [-0.1, -0.05) is 68.3 Å². The standard InChI is InChI=1S/C24H26N2O2/c1-2-3-9-16-26-23(27)21(19-12-5-4-6-13-19)22(24(26)28)25-17-10-14-18-11-7-8-15-20(18)25/h4-8,11-13,15H,2-3,9-10,14,16-17H2,1H3. The van der Waals surface area contributed by atoms with Crippen LogP contribution in [0.2, 0.25) is 0 Å². The van der Waals surface area contributed by atoms with Gasteiger partial charge in [0, 0.05) is 18.8 Å². The summed E-state index contributed by atoms with van der Waals surface area (Å²) in [6.07, 6.45) is 4.89. The molecule has 0 N–H and O–H groups in total. The van der Waals surface area contributed by atoms with Crippen LogP contribution in [0.15, 0.2) is 60.3 Å². The molecule has 0 unspecified atom stereocenters. The van der Waals surface area contributed by atoms with Crippen molar-refractivity contribution in [2.75, 3.05) is 18.0 Å². The number of rotatable bonds is 6. The molecule has 2 amide bonds. The second kappa shape index (κ2) is 8.01. The first kappa shape index (κ1) is 18.5. The van der Waals surface area contributed by atoms with Crippen LogP contribution < -0.4 is 4.90 Å². The van der Waals surface area contributed by atoms with Crippen molar-refractivity contribution < 1.29 is 9.59 Å². The summed E-state index contributed by atoms with van der Waals surface area (Å²) in [5.41, 5.74) is 4.18. The first-order chi connectivity index (χ1) is 13.7. The van der Waals surface area contributed by atoms with Crippen LogP contribution in [-0.4, -0.2) is 29.8 Å². The highest BCUT2D eigenvalue weighted by atomic mass is 16.2. The molecule has 2 aromatic rings. The van der Waals surface area contributed by atoms with E-state index in [4.69, 9.17) is 0 Å². The Morgan fingerprint density at radius 3 is 2.43 bits per heavy atom. The molecule has 0 aliphatic carbocycles. The van der Waals surface area contributed by atoms with E-state index < -0.39 is 0 Å². The minimum Gasteiger partial charge on any atom is -0.336 e. The number of amides is 2. The molecule has 0 atom stereocenters. The zero-order valence-electron chi connectivity index (χ0n) is 16.4. The Balaban J connectivity index is 1.80. The second-order valence-electron chi connectivity index (χ2n) is 7.44. The van der Waals surface area contributed by atoms with E-state index in [9.17, 15) is 9.59 Å². The molecule has 4 rings (SSSR count). The zero-order chi connectivity index (χ0) is 19.5. The molecular weight excluding hydrogens is 348 g/mol. The number of para-hydroxylation sites is 1. The summed E-state index contributed by atoms with van der Waals surface area (Å²) in [6, 6.07) is 17.8. The van der Waals surface area contributed by atoms with Gasteiger partial charge in [0.2, 0.25) is 0 Å². The first-order valence-electron chi connectivity index (χ1n) is 10.2. The molecule has 0 saturated heterocycles. The van der Waals surface area contributed by atoms with Gasteiger partial charge in [-0.15, -0.1) is 0 Å². The Kier molecular flexibility index (Phi) is 5.29. The van der Waals surface area contributed by atoms with Crippen LogP contribution >= 0.6 is 0 Å². The van der Waals surface area contributed by atoms with Crippen molar-refractivity contribution in [2.45, 2.75) is 39.0 Å². The van der Waals surface area contributed by atoms with E-state index >= 15 is 0 Å². The lowest BCUT2D eigenvalue weighted by Crippen LogP contribution is -2.37. The molecule has 0 fully saturated rings. The Morgan fingerprint density at radius 2 is 1.64 bits per heavy atom. The molecule has 144 valence electrons. The van der Waals surface area contributed by atoms with E-state index in [1.165, 1.54) is 10.5 Å². The van der Waals surface area contributed by atoms with Gasteiger partial charge in [0.05, 0.1) is 5.57 Å². The van der Waals surface area contributed by atoms with Crippen LogP contribution in [-0.2, 0) is 16.0 Å². The van der Waals surface area contributed by atoms with Crippen LogP contribution in [0, 0.1) is 0 Å². The number of benzene rings is 2. The predicted molar refractivity (Wildman–Crippen MR) is 112 cm³/mol. The summed E-state index contributed by atoms with van der Waals surface area (Å²) >= 11 is 0. The summed E-state index contributed by atoms with van der Waals surface area (Å²) in [6.45, 7) is 3.36. The smallest absolute Gasteiger partial charge is 0.278 e. The van der Waals surface area contributed by atoms with Crippen molar-refractivity contribution in [3.05, 3.63) is 71.4 Å². The predicted octanol–water partition coefficient (Wildman–Crippen LogP) is 4.41. The average Bonchev–Trinajstić information content (AvgIpc) is 2.98. The third-order valence-electron chi connectivity index (χ3n) is 5.57. The summed E-state index contributed by atoms with van der Waals surface area (Å²) < 4.78 is 0. The molecule has 0 aromatic heterocycles. The van der Waals surface area contributed by atoms with Crippen LogP contribution in [0.1, 0.15) is 43.7 Å². The topological polar surface area (TPSA) is 40.6 Å². The van der Waals surface area contributed by atoms with Gasteiger partial charge >= 0.3 is 0 Å². The molecule has 0 radical (unpaired) electrons. The van der Waals surface area contributed by atoms with Gasteiger partial charge in [0.15, 0.2) is 0 Å². The van der Waals surface area contributed by atoms with Crippen molar-refractivity contribution in [2.24, 2.45) is 0 Å². The van der Waals surface area contributed by atoms with E-state index in [0.29, 0.717) is 17.8 Å². The first-order valence-corrected chi connectivity index (χ1v) is 10.2. The number of imide groups is 1. The van der Waals surface area contributed by atoms with Crippen LogP contribution in [0.5, 0.6) is 0 Å². The third kappa shape index (κ3) is 3.24. The summed E-state index contributed by atoms with van der Waals surface area (Å²) in [7, 11) is 0. The van der Waals surface area contributed by atoms with Gasteiger partial charge in [-0.2, -0.15) is 0 Å². The number of hydrogen-bond acceptors (Lipinski definition) is 3. The highest BCUT2D eigenvalue weighted by Crippen LogP contribution is 2.37. The van der Waals surface area contributed by atoms with Gasteiger partial charge in [-0.3, -0.25) is 14.5 Å². The number of unbranched alkanes of at least 4 members (excludes halogenated alkanes) is 2. The van der Waals surface area contributed by atoms with Crippen LogP contribution in [0.25, 0.3) is 5.57 Å². The fourth-order valence-electron chi connectivity index (χ4n) is 4.17. The quantitative estimate of drug-likeness (QED) is 0.555. The molecule has 2 aliphatic rings. The van der Waals surface area contributed by atoms with Crippen molar-refractivity contribution in [1.82, 2.24) is 4.90 Å². The Labute approximate surface area is 166 Å². The summed E-state index contributed by atoms with van der Waals surface area (Å²) in [4.78, 5) is 30.2. The van der Waals surface area contributed by atoms with Crippen molar-refractivity contribution >= 4 is 23.1 Å². The Bertz CT molecular complexity index is 917. The number of carbonyl (C=O) groups excluding carboxylic acids is 2. The van der Waals surface area contributed by atoms with Crippen LogP contribution in [0.3, 0.4) is 0 Å². The summed E-state index contributed by atoms with van der Waals surface area (Å²) in [5, 5.41) is 0. The van der Waals surface area contributed by atoms with Gasteiger partial charge in [-0.05, 0) is 36.5 Å². The molecule has 2 aromatic carbocycles. The lowest BCUT2D eigenvalue weighted by Gasteiger charge is -2.32. The van der Waals surface area contributed by atoms with Crippen molar-refractivity contribution in [1.29, 1.82) is 0 Å². The minimum atomic E-state index is -0.162. The molecule has 2 aliphatic heterocycles. The second-order valence-corrected chi connectivity index (χ2v) is 7.44. The molecule has 4 heteroatoms.